The van der Waals surface area contributed by atoms with Crippen LogP contribution >= 0.6 is 0 Å². The molecule has 0 spiro atoms. The molecule has 0 saturated heterocycles. The molecule has 0 heterocycles. The molecule has 1 atom stereocenters. The summed E-state index contributed by atoms with van der Waals surface area (Å²) in [5, 5.41) is 2.79. The van der Waals surface area contributed by atoms with E-state index in [1.807, 2.05) is 44.2 Å². The fraction of sp³-hybridized carbons (Fsp3) is 0.259. The Balaban J connectivity index is 2.01. The van der Waals surface area contributed by atoms with Gasteiger partial charge in [-0.2, -0.15) is 0 Å². The van der Waals surface area contributed by atoms with E-state index in [1.54, 1.807) is 48.5 Å². The van der Waals surface area contributed by atoms with Crippen molar-refractivity contribution >= 4 is 27.5 Å². The Labute approximate surface area is 207 Å². The Morgan fingerprint density at radius 3 is 1.91 bits per heavy atom. The smallest absolute Gasteiger partial charge is 0.264 e. The van der Waals surface area contributed by atoms with Crippen LogP contribution in [-0.4, -0.2) is 44.3 Å². The first-order chi connectivity index (χ1) is 16.9. The second kappa shape index (κ2) is 12.2. The molecule has 184 valence electrons. The third-order valence-corrected chi connectivity index (χ3v) is 7.37. The van der Waals surface area contributed by atoms with Crippen molar-refractivity contribution < 1.29 is 18.0 Å². The Morgan fingerprint density at radius 2 is 1.37 bits per heavy atom. The molecule has 0 fully saturated rings. The first-order valence-corrected chi connectivity index (χ1v) is 13.1. The minimum atomic E-state index is -4.03. The molecular weight excluding hydrogens is 462 g/mol. The lowest BCUT2D eigenvalue weighted by Crippen LogP contribution is -2.52. The van der Waals surface area contributed by atoms with E-state index in [9.17, 15) is 18.0 Å². The fourth-order valence-electron chi connectivity index (χ4n) is 3.83. The fourth-order valence-corrected chi connectivity index (χ4v) is 5.27. The van der Waals surface area contributed by atoms with Crippen LogP contribution < -0.4 is 9.62 Å². The summed E-state index contributed by atoms with van der Waals surface area (Å²) in [6, 6.07) is 25.2. The zero-order chi connectivity index (χ0) is 25.3. The summed E-state index contributed by atoms with van der Waals surface area (Å²) in [7, 11) is -4.03. The van der Waals surface area contributed by atoms with Crippen molar-refractivity contribution in [1.29, 1.82) is 0 Å². The van der Waals surface area contributed by atoms with Gasteiger partial charge in [-0.3, -0.25) is 13.9 Å². The van der Waals surface area contributed by atoms with Crippen molar-refractivity contribution in [2.45, 2.75) is 37.8 Å². The van der Waals surface area contributed by atoms with E-state index in [0.29, 0.717) is 18.7 Å². The van der Waals surface area contributed by atoms with Gasteiger partial charge >= 0.3 is 0 Å². The normalized spacial score (nSPS) is 11.9. The molecule has 35 heavy (non-hydrogen) atoms. The summed E-state index contributed by atoms with van der Waals surface area (Å²) in [6.07, 6.45) is 0.390. The number of para-hydroxylation sites is 1. The molecule has 3 aromatic carbocycles. The van der Waals surface area contributed by atoms with Gasteiger partial charge < -0.3 is 10.2 Å². The lowest BCUT2D eigenvalue weighted by Gasteiger charge is -2.33. The van der Waals surface area contributed by atoms with Crippen molar-refractivity contribution in [3.05, 3.63) is 96.6 Å². The minimum Gasteiger partial charge on any atom is -0.355 e. The molecule has 0 saturated carbocycles. The molecule has 7 nitrogen and oxygen atoms in total. The van der Waals surface area contributed by atoms with Crippen LogP contribution in [0.4, 0.5) is 5.69 Å². The Morgan fingerprint density at radius 1 is 0.829 bits per heavy atom. The van der Waals surface area contributed by atoms with Crippen molar-refractivity contribution in [3.8, 4) is 0 Å². The van der Waals surface area contributed by atoms with E-state index in [0.717, 1.165) is 9.87 Å². The van der Waals surface area contributed by atoms with E-state index in [1.165, 1.54) is 17.0 Å². The topological polar surface area (TPSA) is 86.8 Å². The highest BCUT2D eigenvalue weighted by atomic mass is 32.2. The number of amides is 2. The van der Waals surface area contributed by atoms with Gasteiger partial charge in [-0.05, 0) is 43.2 Å². The van der Waals surface area contributed by atoms with Crippen LogP contribution in [0.25, 0.3) is 0 Å². The van der Waals surface area contributed by atoms with Gasteiger partial charge in [0, 0.05) is 13.1 Å². The maximum absolute atomic E-state index is 13.8. The number of benzene rings is 3. The molecule has 8 heteroatoms. The number of carbonyl (C=O) groups is 2. The van der Waals surface area contributed by atoms with Gasteiger partial charge in [0.05, 0.1) is 10.6 Å². The van der Waals surface area contributed by atoms with E-state index < -0.39 is 28.5 Å². The van der Waals surface area contributed by atoms with Gasteiger partial charge in [0.25, 0.3) is 10.0 Å². The van der Waals surface area contributed by atoms with E-state index in [4.69, 9.17) is 0 Å². The van der Waals surface area contributed by atoms with Gasteiger partial charge in [0.2, 0.25) is 11.8 Å². The van der Waals surface area contributed by atoms with Crippen LogP contribution in [0.15, 0.2) is 95.9 Å². The molecule has 0 aliphatic rings. The predicted octanol–water partition coefficient (Wildman–Crippen LogP) is 3.83. The van der Waals surface area contributed by atoms with Crippen LogP contribution in [0, 0.1) is 0 Å². The molecule has 3 aromatic rings. The number of rotatable bonds is 11. The number of hydrogen-bond acceptors (Lipinski definition) is 4. The Hall–Kier alpha value is -3.65. The van der Waals surface area contributed by atoms with Crippen molar-refractivity contribution in [2.24, 2.45) is 0 Å². The van der Waals surface area contributed by atoms with Crippen LogP contribution in [0.1, 0.15) is 25.8 Å². The highest BCUT2D eigenvalue weighted by Crippen LogP contribution is 2.24. The highest BCUT2D eigenvalue weighted by Gasteiger charge is 2.33. The van der Waals surface area contributed by atoms with Gasteiger partial charge in [0.1, 0.15) is 12.6 Å². The minimum absolute atomic E-state index is 0.0852. The molecule has 1 N–H and O–H groups in total. The van der Waals surface area contributed by atoms with E-state index >= 15 is 0 Å². The molecule has 0 radical (unpaired) electrons. The molecule has 0 aliphatic carbocycles. The summed E-state index contributed by atoms with van der Waals surface area (Å²) in [6.45, 7) is 3.83. The van der Waals surface area contributed by atoms with Gasteiger partial charge in [-0.25, -0.2) is 8.42 Å². The van der Waals surface area contributed by atoms with Crippen LogP contribution in [0.2, 0.25) is 0 Å². The first kappa shape index (κ1) is 26.0. The number of carbonyl (C=O) groups excluding carboxylic acids is 2. The first-order valence-electron chi connectivity index (χ1n) is 11.6. The highest BCUT2D eigenvalue weighted by molar-refractivity contribution is 7.92. The summed E-state index contributed by atoms with van der Waals surface area (Å²) >= 11 is 0. The second-order valence-corrected chi connectivity index (χ2v) is 9.85. The molecule has 0 bridgehead atoms. The molecule has 0 aliphatic heterocycles. The third kappa shape index (κ3) is 6.48. The number of sulfonamides is 1. The Bertz CT molecular complexity index is 1200. The Kier molecular flexibility index (Phi) is 9.03. The van der Waals surface area contributed by atoms with Crippen LogP contribution in [0.5, 0.6) is 0 Å². The number of nitrogens with one attached hydrogen (secondary N) is 1. The molecule has 3 rings (SSSR count). The summed E-state index contributed by atoms with van der Waals surface area (Å²) in [4.78, 5) is 28.2. The van der Waals surface area contributed by atoms with Gasteiger partial charge in [-0.1, -0.05) is 73.7 Å². The van der Waals surface area contributed by atoms with Crippen molar-refractivity contribution in [2.75, 3.05) is 17.4 Å². The number of anilines is 1. The average molecular weight is 494 g/mol. The monoisotopic (exact) mass is 493 g/mol. The molecule has 2 amide bonds. The summed E-state index contributed by atoms with van der Waals surface area (Å²) in [5.41, 5.74) is 1.22. The average Bonchev–Trinajstić information content (AvgIpc) is 2.88. The van der Waals surface area contributed by atoms with E-state index in [2.05, 4.69) is 5.32 Å². The largest absolute Gasteiger partial charge is 0.355 e. The second-order valence-electron chi connectivity index (χ2n) is 7.99. The maximum Gasteiger partial charge on any atom is 0.264 e. The molecule has 0 unspecified atom stereocenters. The number of nitrogens with zero attached hydrogens (tertiary/aromatic N) is 2. The standard InChI is InChI=1S/C27H31N3O4S/c1-3-25(27(32)28-4-2)29(20-22-14-8-5-9-15-22)26(31)21-30(23-16-10-6-11-17-23)35(33,34)24-18-12-7-13-19-24/h5-19,25H,3-4,20-21H2,1-2H3,(H,28,32)/t25-/m1/s1. The quantitative estimate of drug-likeness (QED) is 0.440. The van der Waals surface area contributed by atoms with Crippen molar-refractivity contribution in [1.82, 2.24) is 10.2 Å². The third-order valence-electron chi connectivity index (χ3n) is 5.59. The molecule has 0 aromatic heterocycles. The summed E-state index contributed by atoms with van der Waals surface area (Å²) in [5.74, 6) is -0.730. The van der Waals surface area contributed by atoms with Gasteiger partial charge in [0.15, 0.2) is 0 Å². The van der Waals surface area contributed by atoms with Crippen LogP contribution in [-0.2, 0) is 26.2 Å². The SMILES string of the molecule is CCNC(=O)[C@@H](CC)N(Cc1ccccc1)C(=O)CN(c1ccccc1)S(=O)(=O)c1ccccc1. The maximum atomic E-state index is 13.8. The zero-order valence-corrected chi connectivity index (χ0v) is 20.8. The van der Waals surface area contributed by atoms with Gasteiger partial charge in [-0.15, -0.1) is 0 Å². The van der Waals surface area contributed by atoms with Crippen LogP contribution in [0.3, 0.4) is 0 Å². The lowest BCUT2D eigenvalue weighted by molar-refractivity contribution is -0.140. The number of hydrogen-bond donors (Lipinski definition) is 1. The van der Waals surface area contributed by atoms with E-state index in [-0.39, 0.29) is 17.3 Å². The number of likely N-dealkylation sites (N-methyl/N-ethyl adjacent to an activating group) is 1. The van der Waals surface area contributed by atoms with Crippen molar-refractivity contribution in [3.63, 3.8) is 0 Å². The summed E-state index contributed by atoms with van der Waals surface area (Å²) < 4.78 is 28.3. The predicted molar refractivity (Wildman–Crippen MR) is 137 cm³/mol. The lowest BCUT2D eigenvalue weighted by atomic mass is 10.1. The molecular formula is C27H31N3O4S. The zero-order valence-electron chi connectivity index (χ0n) is 20.0.